The molecule has 0 fully saturated rings. The molecular formula is C5H11NO2S+. The molecule has 0 aliphatic rings. The lowest BCUT2D eigenvalue weighted by Gasteiger charge is -1.91. The van der Waals surface area contributed by atoms with E-state index in [-0.39, 0.29) is 6.61 Å². The van der Waals surface area contributed by atoms with Gasteiger partial charge >= 0.3 is 0 Å². The molecule has 9 heavy (non-hydrogen) atoms. The van der Waals surface area contributed by atoms with Crippen LogP contribution in [0.4, 0.5) is 0 Å². The molecule has 0 aromatic carbocycles. The smallest absolute Gasteiger partial charge is 0.222 e. The summed E-state index contributed by atoms with van der Waals surface area (Å²) in [6, 6.07) is 0. The largest absolute Gasteiger partial charge is 0.225 e. The fraction of sp³-hybridized carbons (Fsp3) is 0.800. The molecule has 0 N–H and O–H groups in total. The highest BCUT2D eigenvalue weighted by Gasteiger charge is 1.98. The first-order chi connectivity index (χ1) is 4.35. The van der Waals surface area contributed by atoms with Gasteiger partial charge in [-0.2, -0.15) is 0 Å². The van der Waals surface area contributed by atoms with Gasteiger partial charge < -0.3 is 0 Å². The van der Waals surface area contributed by atoms with Gasteiger partial charge in [0, 0.05) is 6.42 Å². The molecule has 0 aromatic rings. The Morgan fingerprint density at radius 2 is 2.44 bits per heavy atom. The summed E-state index contributed by atoms with van der Waals surface area (Å²) in [4.78, 5) is 0. The first-order valence-corrected chi connectivity index (χ1v) is 3.21. The van der Waals surface area contributed by atoms with Crippen LogP contribution in [0.1, 0.15) is 13.3 Å². The average molecular weight is 149 g/mol. The number of rotatable bonds is 4. The van der Waals surface area contributed by atoms with E-state index < -0.39 is 0 Å². The van der Waals surface area contributed by atoms with E-state index in [9.17, 15) is 5.11 Å². The van der Waals surface area contributed by atoms with Gasteiger partial charge in [-0.15, -0.1) is 0 Å². The van der Waals surface area contributed by atoms with Crippen molar-refractivity contribution < 1.29 is 14.1 Å². The van der Waals surface area contributed by atoms with Gasteiger partial charge in [-0.1, -0.05) is 6.92 Å². The Morgan fingerprint density at radius 3 is 2.78 bits per heavy atom. The third-order valence-electron chi connectivity index (χ3n) is 0.827. The highest BCUT2D eigenvalue weighted by Crippen LogP contribution is 1.84. The van der Waals surface area contributed by atoms with Crippen LogP contribution < -0.4 is 0 Å². The Kier molecular flexibility index (Phi) is 5.76. The van der Waals surface area contributed by atoms with Crippen molar-refractivity contribution in [1.82, 2.24) is 0 Å². The molecule has 0 aliphatic carbocycles. The molecule has 0 saturated carbocycles. The zero-order valence-corrected chi connectivity index (χ0v) is 6.30. The predicted octanol–water partition coefficient (Wildman–Crippen LogP) is 0.687. The Morgan fingerprint density at radius 1 is 1.78 bits per heavy atom. The molecule has 0 spiro atoms. The summed E-state index contributed by atoms with van der Waals surface area (Å²) in [6.07, 6.45) is 2.35. The van der Waals surface area contributed by atoms with Crippen molar-refractivity contribution in [3.8, 4) is 0 Å². The summed E-state index contributed by atoms with van der Waals surface area (Å²) in [5.41, 5.74) is 0. The minimum Gasteiger partial charge on any atom is -0.225 e. The van der Waals surface area contributed by atoms with Crippen molar-refractivity contribution in [2.45, 2.75) is 13.3 Å². The third-order valence-corrected chi connectivity index (χ3v) is 1.04. The highest BCUT2D eigenvalue weighted by atomic mass is 32.1. The van der Waals surface area contributed by atoms with Crippen LogP contribution in [0.5, 0.6) is 0 Å². The van der Waals surface area contributed by atoms with Crippen molar-refractivity contribution in [2.24, 2.45) is 0 Å². The minimum absolute atomic E-state index is 0.263. The second-order valence-electron chi connectivity index (χ2n) is 1.57. The molecule has 4 heteroatoms. The number of hydrogen-bond donors (Lipinski definition) is 1. The van der Waals surface area contributed by atoms with E-state index >= 15 is 0 Å². The van der Waals surface area contributed by atoms with E-state index in [1.807, 2.05) is 6.92 Å². The second-order valence-corrected chi connectivity index (χ2v) is 1.73. The number of thiol groups is 1. The van der Waals surface area contributed by atoms with Crippen LogP contribution in [0.2, 0.25) is 0 Å². The summed E-state index contributed by atoms with van der Waals surface area (Å²) in [6.45, 7) is 2.45. The molecule has 0 aromatic heterocycles. The van der Waals surface area contributed by atoms with Crippen molar-refractivity contribution in [3.05, 3.63) is 0 Å². The summed E-state index contributed by atoms with van der Waals surface area (Å²) in [7, 11) is 0. The maximum atomic E-state index is 9.96. The molecule has 0 rings (SSSR count). The van der Waals surface area contributed by atoms with Crippen molar-refractivity contribution in [1.29, 1.82) is 0 Å². The molecule has 0 amide bonds. The summed E-state index contributed by atoms with van der Waals surface area (Å²) < 4.78 is 5.92. The molecule has 0 unspecified atom stereocenters. The average Bonchev–Trinajstić information content (AvgIpc) is 1.88. The van der Waals surface area contributed by atoms with E-state index in [1.54, 1.807) is 0 Å². The summed E-state index contributed by atoms with van der Waals surface area (Å²) in [5, 5.41) is 9.96. The van der Waals surface area contributed by atoms with E-state index in [0.29, 0.717) is 6.54 Å². The van der Waals surface area contributed by atoms with Gasteiger partial charge in [0.2, 0.25) is 6.21 Å². The number of hydrogen-bond acceptors (Lipinski definition) is 2. The molecule has 0 heterocycles. The molecule has 0 atom stereocenters. The van der Waals surface area contributed by atoms with Gasteiger partial charge in [0.05, 0.1) is 0 Å². The normalized spacial score (nSPS) is 11.7. The number of hydroxylamine groups is 1. The first kappa shape index (κ1) is 8.78. The summed E-state index contributed by atoms with van der Waals surface area (Å²) >= 11 is 3.54. The van der Waals surface area contributed by atoms with Crippen molar-refractivity contribution in [2.75, 3.05) is 13.2 Å². The lowest BCUT2D eigenvalue weighted by Crippen LogP contribution is -2.11. The highest BCUT2D eigenvalue weighted by molar-refractivity contribution is 7.74. The van der Waals surface area contributed by atoms with E-state index in [4.69, 9.17) is 0 Å². The van der Waals surface area contributed by atoms with Crippen molar-refractivity contribution in [3.63, 3.8) is 0 Å². The Labute approximate surface area is 60.5 Å². The lowest BCUT2D eigenvalue weighted by atomic mass is 10.5. The van der Waals surface area contributed by atoms with Gasteiger partial charge in [-0.25, -0.2) is 9.39 Å². The molecular weight excluding hydrogens is 138 g/mol. The topological polar surface area (TPSA) is 32.1 Å². The van der Waals surface area contributed by atoms with Gasteiger partial charge in [0.1, 0.15) is 12.9 Å². The number of nitrogens with zero attached hydrogens (tertiary/aromatic N) is 1. The molecule has 3 nitrogen and oxygen atoms in total. The zero-order valence-electron chi connectivity index (χ0n) is 5.41. The summed E-state index contributed by atoms with van der Waals surface area (Å²) in [5.74, 6) is 0. The minimum atomic E-state index is -0.263. The van der Waals surface area contributed by atoms with Crippen LogP contribution >= 0.6 is 12.9 Å². The standard InChI is InChI=1S/C5H10NO2S/c1-2-3-6(8-9)4-5-7/h4H,2-3,5H2,1H3/p+1. The maximum absolute atomic E-state index is 9.96. The van der Waals surface area contributed by atoms with Gasteiger partial charge in [0.25, 0.3) is 0 Å². The van der Waals surface area contributed by atoms with E-state index in [1.165, 1.54) is 11.0 Å². The van der Waals surface area contributed by atoms with Crippen LogP contribution in [-0.2, 0) is 9.39 Å². The quantitative estimate of drug-likeness (QED) is 0.206. The van der Waals surface area contributed by atoms with Gasteiger partial charge in [-0.05, 0) is 4.74 Å². The Balaban J connectivity index is 3.53. The van der Waals surface area contributed by atoms with Gasteiger partial charge in [0.15, 0.2) is 13.2 Å². The monoisotopic (exact) mass is 149 g/mol. The molecule has 0 bridgehead atoms. The predicted molar refractivity (Wildman–Crippen MR) is 37.1 cm³/mol. The first-order valence-electron chi connectivity index (χ1n) is 2.84. The maximum Gasteiger partial charge on any atom is 0.222 e. The Bertz CT molecular complexity index is 95.0. The Hall–Kier alpha value is -0.220. The lowest BCUT2D eigenvalue weighted by molar-refractivity contribution is -0.737. The molecule has 53 valence electrons. The molecule has 0 saturated heterocycles. The van der Waals surface area contributed by atoms with E-state index in [2.05, 4.69) is 17.2 Å². The van der Waals surface area contributed by atoms with Crippen LogP contribution in [-0.4, -0.2) is 24.1 Å². The second kappa shape index (κ2) is 5.91. The van der Waals surface area contributed by atoms with E-state index in [0.717, 1.165) is 6.42 Å². The molecule has 1 radical (unpaired) electrons. The van der Waals surface area contributed by atoms with Crippen LogP contribution in [0.15, 0.2) is 0 Å². The fourth-order valence-electron chi connectivity index (χ4n) is 0.469. The molecule has 0 aliphatic heterocycles. The van der Waals surface area contributed by atoms with Crippen LogP contribution in [0.25, 0.3) is 0 Å². The van der Waals surface area contributed by atoms with Gasteiger partial charge in [-0.3, -0.25) is 0 Å². The van der Waals surface area contributed by atoms with Crippen LogP contribution in [0.3, 0.4) is 0 Å². The zero-order chi connectivity index (χ0) is 7.11. The third kappa shape index (κ3) is 4.29. The fourth-order valence-corrected chi connectivity index (χ4v) is 0.617. The van der Waals surface area contributed by atoms with Crippen LogP contribution in [0, 0.1) is 0 Å². The SMILES string of the molecule is CCC[N+](=CC[O])OS. The van der Waals surface area contributed by atoms with Crippen molar-refractivity contribution >= 4 is 19.1 Å².